The van der Waals surface area contributed by atoms with Crippen LogP contribution in [0.4, 0.5) is 15.5 Å². The number of urea groups is 1. The van der Waals surface area contributed by atoms with Crippen molar-refractivity contribution < 1.29 is 9.59 Å². The summed E-state index contributed by atoms with van der Waals surface area (Å²) in [5.74, 6) is 0.00316. The van der Waals surface area contributed by atoms with E-state index in [1.54, 1.807) is 12.1 Å². The van der Waals surface area contributed by atoms with Gasteiger partial charge in [0.05, 0.1) is 9.88 Å². The van der Waals surface area contributed by atoms with E-state index in [9.17, 15) is 9.59 Å². The monoisotopic (exact) mass is 344 g/mol. The maximum atomic E-state index is 12.5. The smallest absolute Gasteiger partial charge is 0.324 e. The molecule has 24 heavy (non-hydrogen) atoms. The minimum absolute atomic E-state index is 0.00316. The maximum Gasteiger partial charge on any atom is 0.324 e. The van der Waals surface area contributed by atoms with E-state index in [2.05, 4.69) is 10.6 Å². The Morgan fingerprint density at radius 1 is 1.04 bits per heavy atom. The Labute approximate surface area is 144 Å². The summed E-state index contributed by atoms with van der Waals surface area (Å²) in [6, 6.07) is 12.6. The SMILES string of the molecule is NC1CCN(C(=O)c2ccc(NC(=O)Nc3ccccc3)s2)CC1. The third-order valence-corrected chi connectivity index (χ3v) is 4.90. The molecule has 0 aliphatic carbocycles. The number of likely N-dealkylation sites (tertiary alicyclic amines) is 1. The summed E-state index contributed by atoms with van der Waals surface area (Å²) in [6.07, 6.45) is 1.67. The highest BCUT2D eigenvalue weighted by atomic mass is 32.1. The summed E-state index contributed by atoms with van der Waals surface area (Å²) in [4.78, 5) is 26.9. The molecule has 6 nitrogen and oxygen atoms in total. The van der Waals surface area contributed by atoms with Crippen molar-refractivity contribution in [2.45, 2.75) is 18.9 Å². The van der Waals surface area contributed by atoms with Crippen molar-refractivity contribution in [3.8, 4) is 0 Å². The van der Waals surface area contributed by atoms with Gasteiger partial charge in [-0.2, -0.15) is 0 Å². The van der Waals surface area contributed by atoms with Gasteiger partial charge in [0, 0.05) is 24.8 Å². The van der Waals surface area contributed by atoms with Crippen molar-refractivity contribution in [3.05, 3.63) is 47.3 Å². The second-order valence-corrected chi connectivity index (χ2v) is 6.82. The van der Waals surface area contributed by atoms with Crippen molar-refractivity contribution in [3.63, 3.8) is 0 Å². The minimum atomic E-state index is -0.328. The van der Waals surface area contributed by atoms with Crippen LogP contribution in [0.2, 0.25) is 0 Å². The zero-order chi connectivity index (χ0) is 16.9. The Morgan fingerprint density at radius 2 is 1.75 bits per heavy atom. The lowest BCUT2D eigenvalue weighted by Gasteiger charge is -2.29. The number of piperidine rings is 1. The molecule has 1 saturated heterocycles. The number of nitrogens with one attached hydrogen (secondary N) is 2. The fourth-order valence-electron chi connectivity index (χ4n) is 2.57. The molecule has 2 aromatic rings. The number of carbonyl (C=O) groups is 2. The largest absolute Gasteiger partial charge is 0.338 e. The molecule has 1 aliphatic rings. The predicted molar refractivity (Wildman–Crippen MR) is 96.5 cm³/mol. The summed E-state index contributed by atoms with van der Waals surface area (Å²) >= 11 is 1.28. The van der Waals surface area contributed by atoms with Gasteiger partial charge in [0.2, 0.25) is 0 Å². The third kappa shape index (κ3) is 4.12. The van der Waals surface area contributed by atoms with Gasteiger partial charge >= 0.3 is 6.03 Å². The third-order valence-electron chi connectivity index (χ3n) is 3.91. The first-order chi connectivity index (χ1) is 11.6. The minimum Gasteiger partial charge on any atom is -0.338 e. The van der Waals surface area contributed by atoms with E-state index in [4.69, 9.17) is 5.73 Å². The van der Waals surface area contributed by atoms with Crippen LogP contribution in [0.15, 0.2) is 42.5 Å². The Morgan fingerprint density at radius 3 is 2.46 bits per heavy atom. The molecule has 3 rings (SSSR count). The average Bonchev–Trinajstić information content (AvgIpc) is 3.04. The molecule has 0 unspecified atom stereocenters. The van der Waals surface area contributed by atoms with Gasteiger partial charge in [0.25, 0.3) is 5.91 Å². The fourth-order valence-corrected chi connectivity index (χ4v) is 3.44. The van der Waals surface area contributed by atoms with Gasteiger partial charge in [-0.3, -0.25) is 10.1 Å². The molecule has 1 fully saturated rings. The highest BCUT2D eigenvalue weighted by Gasteiger charge is 2.22. The standard InChI is InChI=1S/C17H20N4O2S/c18-12-8-10-21(11-9-12)16(22)14-6-7-15(24-14)20-17(23)19-13-4-2-1-3-5-13/h1-7,12H,8-11,18H2,(H2,19,20,23). The summed E-state index contributed by atoms with van der Waals surface area (Å²) in [7, 11) is 0. The summed E-state index contributed by atoms with van der Waals surface area (Å²) in [6.45, 7) is 1.38. The number of hydrogen-bond donors (Lipinski definition) is 3. The van der Waals surface area contributed by atoms with Gasteiger partial charge in [-0.05, 0) is 37.1 Å². The van der Waals surface area contributed by atoms with E-state index in [1.165, 1.54) is 11.3 Å². The zero-order valence-corrected chi connectivity index (χ0v) is 14.0. The number of nitrogens with zero attached hydrogens (tertiary/aromatic N) is 1. The van der Waals surface area contributed by atoms with Gasteiger partial charge in [0.1, 0.15) is 0 Å². The van der Waals surface area contributed by atoms with E-state index >= 15 is 0 Å². The topological polar surface area (TPSA) is 87.5 Å². The molecule has 0 atom stereocenters. The van der Waals surface area contributed by atoms with Crippen LogP contribution in [0.3, 0.4) is 0 Å². The molecule has 126 valence electrons. The summed E-state index contributed by atoms with van der Waals surface area (Å²) in [5, 5.41) is 6.14. The molecular weight excluding hydrogens is 324 g/mol. The van der Waals surface area contributed by atoms with Gasteiger partial charge in [0.15, 0.2) is 0 Å². The van der Waals surface area contributed by atoms with Crippen molar-refractivity contribution in [1.29, 1.82) is 0 Å². The number of benzene rings is 1. The number of carbonyl (C=O) groups excluding carboxylic acids is 2. The molecule has 0 bridgehead atoms. The average molecular weight is 344 g/mol. The van der Waals surface area contributed by atoms with Crippen LogP contribution < -0.4 is 16.4 Å². The Balaban J connectivity index is 1.57. The number of thiophene rings is 1. The molecule has 7 heteroatoms. The van der Waals surface area contributed by atoms with Crippen molar-refractivity contribution >= 4 is 34.0 Å². The molecule has 4 N–H and O–H groups in total. The van der Waals surface area contributed by atoms with Crippen molar-refractivity contribution in [2.24, 2.45) is 5.73 Å². The molecule has 0 saturated carbocycles. The van der Waals surface area contributed by atoms with E-state index in [0.717, 1.165) is 12.8 Å². The Bertz CT molecular complexity index is 708. The van der Waals surface area contributed by atoms with Gasteiger partial charge in [-0.1, -0.05) is 18.2 Å². The summed E-state index contributed by atoms with van der Waals surface area (Å²) in [5.41, 5.74) is 6.58. The first-order valence-corrected chi connectivity index (χ1v) is 8.71. The predicted octanol–water partition coefficient (Wildman–Crippen LogP) is 2.96. The first-order valence-electron chi connectivity index (χ1n) is 7.89. The molecular formula is C17H20N4O2S. The number of para-hydroxylation sites is 1. The normalized spacial score (nSPS) is 15.1. The molecule has 0 spiro atoms. The van der Waals surface area contributed by atoms with Crippen LogP contribution in [0, 0.1) is 0 Å². The molecule has 1 aliphatic heterocycles. The van der Waals surface area contributed by atoms with Crippen LogP contribution in [0.25, 0.3) is 0 Å². The van der Waals surface area contributed by atoms with E-state index in [-0.39, 0.29) is 18.0 Å². The maximum absolute atomic E-state index is 12.5. The molecule has 1 aromatic carbocycles. The lowest BCUT2D eigenvalue weighted by Crippen LogP contribution is -2.42. The lowest BCUT2D eigenvalue weighted by molar-refractivity contribution is 0.0719. The fraction of sp³-hybridized carbons (Fsp3) is 0.294. The highest BCUT2D eigenvalue weighted by Crippen LogP contribution is 2.24. The number of rotatable bonds is 3. The number of amides is 3. The van der Waals surface area contributed by atoms with Gasteiger partial charge < -0.3 is 16.0 Å². The van der Waals surface area contributed by atoms with Gasteiger partial charge in [-0.25, -0.2) is 4.79 Å². The van der Waals surface area contributed by atoms with E-state index in [1.807, 2.05) is 35.2 Å². The second kappa shape index (κ2) is 7.46. The molecule has 2 heterocycles. The molecule has 0 radical (unpaired) electrons. The van der Waals surface area contributed by atoms with E-state index < -0.39 is 0 Å². The Kier molecular flexibility index (Phi) is 5.12. The number of nitrogens with two attached hydrogens (primary N) is 1. The van der Waals surface area contributed by atoms with Crippen molar-refractivity contribution in [2.75, 3.05) is 23.7 Å². The number of anilines is 2. The summed E-state index contributed by atoms with van der Waals surface area (Å²) < 4.78 is 0. The second-order valence-electron chi connectivity index (χ2n) is 5.74. The van der Waals surface area contributed by atoms with Crippen LogP contribution in [0.1, 0.15) is 22.5 Å². The van der Waals surface area contributed by atoms with Crippen LogP contribution in [-0.4, -0.2) is 36.0 Å². The van der Waals surface area contributed by atoms with Crippen molar-refractivity contribution in [1.82, 2.24) is 4.90 Å². The molecule has 1 aromatic heterocycles. The van der Waals surface area contributed by atoms with E-state index in [0.29, 0.717) is 28.7 Å². The highest BCUT2D eigenvalue weighted by molar-refractivity contribution is 7.18. The number of hydrogen-bond acceptors (Lipinski definition) is 4. The van der Waals surface area contributed by atoms with Crippen LogP contribution in [-0.2, 0) is 0 Å². The quantitative estimate of drug-likeness (QED) is 0.800. The first kappa shape index (κ1) is 16.5. The lowest BCUT2D eigenvalue weighted by atomic mass is 10.1. The zero-order valence-electron chi connectivity index (χ0n) is 13.2. The molecule has 3 amide bonds. The Hall–Kier alpha value is -2.38. The van der Waals surface area contributed by atoms with Gasteiger partial charge in [-0.15, -0.1) is 11.3 Å². The van der Waals surface area contributed by atoms with Crippen LogP contribution in [0.5, 0.6) is 0 Å². The van der Waals surface area contributed by atoms with Crippen LogP contribution >= 0.6 is 11.3 Å².